The van der Waals surface area contributed by atoms with E-state index in [1.807, 2.05) is 19.9 Å². The Bertz CT molecular complexity index is 171. The van der Waals surface area contributed by atoms with Crippen molar-refractivity contribution in [2.75, 3.05) is 0 Å². The van der Waals surface area contributed by atoms with Gasteiger partial charge in [0.1, 0.15) is 6.29 Å². The zero-order chi connectivity index (χ0) is 7.98. The predicted molar refractivity (Wildman–Crippen MR) is 43.8 cm³/mol. The highest BCUT2D eigenvalue weighted by Crippen LogP contribution is 1.94. The van der Waals surface area contributed by atoms with E-state index in [1.165, 1.54) is 11.6 Å². The van der Waals surface area contributed by atoms with Gasteiger partial charge in [0.05, 0.1) is 0 Å². The summed E-state index contributed by atoms with van der Waals surface area (Å²) in [6.45, 7) is 7.43. The number of carbonyl (C=O) groups excluding carboxylic acids is 1. The van der Waals surface area contributed by atoms with E-state index in [4.69, 9.17) is 0 Å². The quantitative estimate of drug-likeness (QED) is 0.330. The van der Waals surface area contributed by atoms with Crippen LogP contribution in [0.5, 0.6) is 0 Å². The first-order valence-corrected chi connectivity index (χ1v) is 3.13. The molecule has 0 bridgehead atoms. The monoisotopic (exact) mass is 136 g/mol. The highest BCUT2D eigenvalue weighted by atomic mass is 16.1. The van der Waals surface area contributed by atoms with Gasteiger partial charge in [-0.15, -0.1) is 0 Å². The lowest BCUT2D eigenvalue weighted by Crippen LogP contribution is -1.75. The van der Waals surface area contributed by atoms with Crippen molar-refractivity contribution in [1.29, 1.82) is 0 Å². The highest BCUT2D eigenvalue weighted by Gasteiger charge is 1.81. The minimum absolute atomic E-state index is 0.612. The fourth-order valence-corrected chi connectivity index (χ4v) is 0.418. The van der Waals surface area contributed by atoms with Crippen LogP contribution in [0.25, 0.3) is 0 Å². The molecule has 0 fully saturated rings. The molecule has 54 valence electrons. The summed E-state index contributed by atoms with van der Waals surface area (Å²) in [4.78, 5) is 10.2. The Morgan fingerprint density at radius 1 is 1.30 bits per heavy atom. The van der Waals surface area contributed by atoms with E-state index in [0.717, 1.165) is 6.29 Å². The molecule has 0 spiro atoms. The largest absolute Gasteiger partial charge is 0.298 e. The Morgan fingerprint density at radius 3 is 2.20 bits per heavy atom. The van der Waals surface area contributed by atoms with Gasteiger partial charge in [0.15, 0.2) is 0 Å². The fourth-order valence-electron chi connectivity index (χ4n) is 0.418. The van der Waals surface area contributed by atoms with Gasteiger partial charge in [0.25, 0.3) is 0 Å². The summed E-state index contributed by atoms with van der Waals surface area (Å²) in [5.74, 6) is 0. The Hall–Kier alpha value is -1.11. The van der Waals surface area contributed by atoms with E-state index < -0.39 is 0 Å². The average Bonchev–Trinajstić information content (AvgIpc) is 1.90. The molecule has 0 radical (unpaired) electrons. The molecule has 0 aromatic heterocycles. The van der Waals surface area contributed by atoms with Crippen LogP contribution in [0.15, 0.2) is 36.0 Å². The first-order valence-electron chi connectivity index (χ1n) is 3.13. The van der Waals surface area contributed by atoms with Gasteiger partial charge < -0.3 is 0 Å². The number of allylic oxidation sites excluding steroid dienone is 5. The molecule has 0 aromatic carbocycles. The van der Waals surface area contributed by atoms with E-state index in [1.54, 1.807) is 6.08 Å². The van der Waals surface area contributed by atoms with Gasteiger partial charge in [-0.1, -0.05) is 30.4 Å². The van der Waals surface area contributed by atoms with Crippen LogP contribution in [0.4, 0.5) is 0 Å². The second kappa shape index (κ2) is 4.74. The third kappa shape index (κ3) is 3.84. The maximum Gasteiger partial charge on any atom is 0.150 e. The zero-order valence-corrected chi connectivity index (χ0v) is 6.42. The van der Waals surface area contributed by atoms with E-state index in [-0.39, 0.29) is 0 Å². The molecule has 0 atom stereocenters. The smallest absolute Gasteiger partial charge is 0.150 e. The molecule has 0 rings (SSSR count). The molecule has 0 saturated heterocycles. The fraction of sp³-hybridized carbons (Fsp3) is 0.222. The Morgan fingerprint density at radius 2 is 1.90 bits per heavy atom. The van der Waals surface area contributed by atoms with Gasteiger partial charge in [0, 0.05) is 5.57 Å². The Balaban J connectivity index is 4.26. The molecule has 0 aliphatic carbocycles. The molecule has 0 unspecified atom stereocenters. The van der Waals surface area contributed by atoms with E-state index in [0.29, 0.717) is 5.57 Å². The molecule has 0 amide bonds. The van der Waals surface area contributed by atoms with Gasteiger partial charge in [-0.3, -0.25) is 4.79 Å². The van der Waals surface area contributed by atoms with Crippen LogP contribution in [0, 0.1) is 0 Å². The van der Waals surface area contributed by atoms with Crippen LogP contribution in [0.2, 0.25) is 0 Å². The topological polar surface area (TPSA) is 17.1 Å². The van der Waals surface area contributed by atoms with Crippen LogP contribution in [-0.4, -0.2) is 6.29 Å². The lowest BCUT2D eigenvalue weighted by molar-refractivity contribution is -0.104. The van der Waals surface area contributed by atoms with Crippen molar-refractivity contribution in [2.24, 2.45) is 0 Å². The first-order chi connectivity index (χ1) is 4.70. The molecule has 1 nitrogen and oxygen atoms in total. The minimum atomic E-state index is 0.612. The molecule has 0 heterocycles. The maximum atomic E-state index is 10.2. The van der Waals surface area contributed by atoms with E-state index >= 15 is 0 Å². The molecule has 0 aliphatic heterocycles. The molecule has 0 N–H and O–H groups in total. The first kappa shape index (κ1) is 8.89. The van der Waals surface area contributed by atoms with E-state index in [9.17, 15) is 4.79 Å². The minimum Gasteiger partial charge on any atom is -0.298 e. The van der Waals surface area contributed by atoms with Crippen molar-refractivity contribution in [3.63, 3.8) is 0 Å². The SMILES string of the molecule is C=C/C(C=O)=C\C=C(C)C. The molecule has 10 heavy (non-hydrogen) atoms. The third-order valence-corrected chi connectivity index (χ3v) is 0.981. The number of rotatable bonds is 3. The number of hydrogen-bond acceptors (Lipinski definition) is 1. The van der Waals surface area contributed by atoms with Crippen molar-refractivity contribution in [2.45, 2.75) is 13.8 Å². The average molecular weight is 136 g/mol. The van der Waals surface area contributed by atoms with Crippen molar-refractivity contribution in [3.8, 4) is 0 Å². The molecule has 0 saturated carbocycles. The molecule has 0 aliphatic rings. The lowest BCUT2D eigenvalue weighted by atomic mass is 10.2. The molecule has 0 aromatic rings. The van der Waals surface area contributed by atoms with Crippen molar-refractivity contribution < 1.29 is 4.79 Å². The Labute approximate surface area is 61.8 Å². The lowest BCUT2D eigenvalue weighted by Gasteiger charge is -1.85. The van der Waals surface area contributed by atoms with Gasteiger partial charge in [-0.2, -0.15) is 0 Å². The van der Waals surface area contributed by atoms with Crippen LogP contribution >= 0.6 is 0 Å². The van der Waals surface area contributed by atoms with Crippen LogP contribution in [0.1, 0.15) is 13.8 Å². The molecular formula is C9H12O. The maximum absolute atomic E-state index is 10.2. The van der Waals surface area contributed by atoms with Crippen molar-refractivity contribution in [1.82, 2.24) is 0 Å². The molecule has 1 heteroatoms. The summed E-state index contributed by atoms with van der Waals surface area (Å²) in [7, 11) is 0. The number of aldehydes is 1. The Kier molecular flexibility index (Phi) is 4.21. The molecular weight excluding hydrogens is 124 g/mol. The van der Waals surface area contributed by atoms with Crippen LogP contribution in [0.3, 0.4) is 0 Å². The van der Waals surface area contributed by atoms with Crippen LogP contribution in [-0.2, 0) is 4.79 Å². The van der Waals surface area contributed by atoms with E-state index in [2.05, 4.69) is 6.58 Å². The highest BCUT2D eigenvalue weighted by molar-refractivity contribution is 5.77. The number of hydrogen-bond donors (Lipinski definition) is 0. The van der Waals surface area contributed by atoms with Gasteiger partial charge in [0.2, 0.25) is 0 Å². The summed E-state index contributed by atoms with van der Waals surface area (Å²) in [5.41, 5.74) is 1.78. The normalized spacial score (nSPS) is 10.4. The summed E-state index contributed by atoms with van der Waals surface area (Å²) < 4.78 is 0. The number of carbonyl (C=O) groups is 1. The van der Waals surface area contributed by atoms with Crippen LogP contribution < -0.4 is 0 Å². The standard InChI is InChI=1S/C9H12O/c1-4-9(7-10)6-5-8(2)3/h4-7H,1H2,2-3H3/b9-6+. The summed E-state index contributed by atoms with van der Waals surface area (Å²) >= 11 is 0. The summed E-state index contributed by atoms with van der Waals surface area (Å²) in [6.07, 6.45) is 5.94. The third-order valence-electron chi connectivity index (χ3n) is 0.981. The van der Waals surface area contributed by atoms with Gasteiger partial charge in [-0.25, -0.2) is 0 Å². The van der Waals surface area contributed by atoms with Gasteiger partial charge in [-0.05, 0) is 13.8 Å². The van der Waals surface area contributed by atoms with Crippen molar-refractivity contribution in [3.05, 3.63) is 36.0 Å². The predicted octanol–water partition coefficient (Wildman–Crippen LogP) is 2.26. The summed E-state index contributed by atoms with van der Waals surface area (Å²) in [5, 5.41) is 0. The summed E-state index contributed by atoms with van der Waals surface area (Å²) in [6, 6.07) is 0. The second-order valence-electron chi connectivity index (χ2n) is 2.23. The zero-order valence-electron chi connectivity index (χ0n) is 6.42. The van der Waals surface area contributed by atoms with Crippen molar-refractivity contribution >= 4 is 6.29 Å². The second-order valence-corrected chi connectivity index (χ2v) is 2.23. The van der Waals surface area contributed by atoms with Gasteiger partial charge >= 0.3 is 0 Å².